The second kappa shape index (κ2) is 1.85. The first kappa shape index (κ1) is 5.77. The summed E-state index contributed by atoms with van der Waals surface area (Å²) in [6, 6.07) is 3.88. The quantitative estimate of drug-likeness (QED) is 0.525. The van der Waals surface area contributed by atoms with Gasteiger partial charge in [-0.1, -0.05) is 0 Å². The molecule has 3 rings (SSSR count). The van der Waals surface area contributed by atoms with Crippen LogP contribution in [0.2, 0.25) is 0 Å². The van der Waals surface area contributed by atoms with E-state index < -0.39 is 0 Å². The minimum absolute atomic E-state index is 0.878. The third-order valence-corrected chi connectivity index (χ3v) is 1.93. The summed E-state index contributed by atoms with van der Waals surface area (Å²) in [7, 11) is 0. The fourth-order valence-corrected chi connectivity index (χ4v) is 1.34. The van der Waals surface area contributed by atoms with Crippen molar-refractivity contribution in [3.63, 3.8) is 0 Å². The highest BCUT2D eigenvalue weighted by molar-refractivity contribution is 5.88. The van der Waals surface area contributed by atoms with E-state index in [1.807, 2.05) is 12.1 Å². The first-order valence-electron chi connectivity index (χ1n) is 3.60. The Morgan fingerprint density at radius 1 is 1.17 bits per heavy atom. The Labute approximate surface area is 67.7 Å². The van der Waals surface area contributed by atoms with Gasteiger partial charge in [0.2, 0.25) is 0 Å². The minimum Gasteiger partial charge on any atom is -0.158 e. The third-order valence-electron chi connectivity index (χ3n) is 1.93. The summed E-state index contributed by atoms with van der Waals surface area (Å²) < 4.78 is 0. The van der Waals surface area contributed by atoms with Gasteiger partial charge in [-0.05, 0) is 12.1 Å². The Balaban J connectivity index is 2.57. The Morgan fingerprint density at radius 2 is 2.17 bits per heavy atom. The van der Waals surface area contributed by atoms with Crippen LogP contribution in [0, 0.1) is 0 Å². The van der Waals surface area contributed by atoms with E-state index in [2.05, 4.69) is 20.4 Å². The van der Waals surface area contributed by atoms with Gasteiger partial charge in [0.15, 0.2) is 0 Å². The predicted octanol–water partition coefficient (Wildman–Crippen LogP) is 0.489. The van der Waals surface area contributed by atoms with Crippen LogP contribution in [0.3, 0.4) is 0 Å². The van der Waals surface area contributed by atoms with Crippen LogP contribution in [0.15, 0.2) is 32.6 Å². The van der Waals surface area contributed by atoms with Crippen molar-refractivity contribution in [3.05, 3.63) is 28.3 Å². The highest BCUT2D eigenvalue weighted by Gasteiger charge is 2.09. The molecule has 0 bridgehead atoms. The van der Waals surface area contributed by atoms with E-state index in [0.29, 0.717) is 0 Å². The van der Waals surface area contributed by atoms with Gasteiger partial charge < -0.3 is 0 Å². The van der Waals surface area contributed by atoms with Gasteiger partial charge in [0.05, 0.1) is 23.3 Å². The first-order chi connectivity index (χ1) is 5.95. The average molecular weight is 156 g/mol. The van der Waals surface area contributed by atoms with Crippen LogP contribution in [-0.4, -0.2) is 6.21 Å². The monoisotopic (exact) mass is 156 g/mol. The molecule has 0 fully saturated rings. The molecular weight excluding hydrogens is 152 g/mol. The molecule has 0 atom stereocenters. The molecule has 0 N–H and O–H groups in total. The van der Waals surface area contributed by atoms with Crippen LogP contribution in [0.25, 0.3) is 6.20 Å². The largest absolute Gasteiger partial charge is 0.158 e. The molecule has 0 aliphatic carbocycles. The van der Waals surface area contributed by atoms with Crippen molar-refractivity contribution in [2.45, 2.75) is 0 Å². The molecule has 1 aromatic carbocycles. The standard InChI is InChI=1S/C8H4N4/c1-2-7-6(4-10-11-7)8-5(1)3-9-12-8/h1-4H. The molecule has 0 unspecified atom stereocenters. The van der Waals surface area contributed by atoms with Crippen molar-refractivity contribution in [3.8, 4) is 0 Å². The van der Waals surface area contributed by atoms with Gasteiger partial charge in [-0.2, -0.15) is 15.3 Å². The first-order valence-corrected chi connectivity index (χ1v) is 3.60. The lowest BCUT2D eigenvalue weighted by molar-refractivity contribution is 1.18. The number of benzene rings is 1. The normalized spacial score (nSPS) is 15.3. The summed E-state index contributed by atoms with van der Waals surface area (Å²) in [5.41, 5.74) is 1.86. The van der Waals surface area contributed by atoms with Crippen LogP contribution in [0.1, 0.15) is 5.56 Å². The molecule has 0 spiro atoms. The van der Waals surface area contributed by atoms with Crippen LogP contribution in [0.5, 0.6) is 0 Å². The minimum atomic E-state index is 0.878. The summed E-state index contributed by atoms with van der Waals surface area (Å²) in [5, 5.41) is 17.5. The van der Waals surface area contributed by atoms with Crippen molar-refractivity contribution in [1.82, 2.24) is 0 Å². The van der Waals surface area contributed by atoms with Gasteiger partial charge in [0.25, 0.3) is 0 Å². The average Bonchev–Trinajstić information content (AvgIpc) is 2.71. The summed E-state index contributed by atoms with van der Waals surface area (Å²) in [5.74, 6) is 0. The Kier molecular flexibility index (Phi) is 0.889. The maximum Gasteiger partial charge on any atom is 0.106 e. The number of rotatable bonds is 0. The zero-order valence-electron chi connectivity index (χ0n) is 6.10. The summed E-state index contributed by atoms with van der Waals surface area (Å²) in [6.07, 6.45) is 3.45. The number of hydrogen-bond donors (Lipinski definition) is 0. The second-order valence-corrected chi connectivity index (χ2v) is 2.63. The van der Waals surface area contributed by atoms with E-state index in [9.17, 15) is 0 Å². The molecular formula is C8H4N4. The zero-order chi connectivity index (χ0) is 7.97. The summed E-state index contributed by atoms with van der Waals surface area (Å²) in [4.78, 5) is 0. The highest BCUT2D eigenvalue weighted by atomic mass is 15.2. The molecule has 12 heavy (non-hydrogen) atoms. The predicted molar refractivity (Wildman–Crippen MR) is 43.8 cm³/mol. The van der Waals surface area contributed by atoms with Crippen LogP contribution >= 0.6 is 0 Å². The highest BCUT2D eigenvalue weighted by Crippen LogP contribution is 2.14. The number of azo groups is 1. The van der Waals surface area contributed by atoms with E-state index in [1.165, 1.54) is 0 Å². The lowest BCUT2D eigenvalue weighted by Crippen LogP contribution is -2.11. The second-order valence-electron chi connectivity index (χ2n) is 2.63. The van der Waals surface area contributed by atoms with Gasteiger partial charge in [0.1, 0.15) is 5.69 Å². The lowest BCUT2D eigenvalue weighted by atomic mass is 10.1. The lowest BCUT2D eigenvalue weighted by Gasteiger charge is -1.91. The molecule has 0 saturated carbocycles. The molecule has 2 aliphatic rings. The summed E-state index contributed by atoms with van der Waals surface area (Å²) in [6.45, 7) is 0. The number of fused-ring (bicyclic) bond motifs is 3. The third kappa shape index (κ3) is 0.567. The van der Waals surface area contributed by atoms with E-state index in [0.717, 1.165) is 21.8 Å². The van der Waals surface area contributed by atoms with Crippen molar-refractivity contribution < 1.29 is 0 Å². The molecule has 0 saturated heterocycles. The molecule has 1 aromatic rings. The molecule has 0 amide bonds. The van der Waals surface area contributed by atoms with Crippen molar-refractivity contribution in [2.24, 2.45) is 20.4 Å². The molecule has 0 aromatic heterocycles. The fraction of sp³-hybridized carbons (Fsp3) is 0. The van der Waals surface area contributed by atoms with Gasteiger partial charge in [0, 0.05) is 5.22 Å². The number of hydrogen-bond acceptors (Lipinski definition) is 4. The van der Waals surface area contributed by atoms with Gasteiger partial charge in [-0.3, -0.25) is 0 Å². The van der Waals surface area contributed by atoms with E-state index in [1.54, 1.807) is 12.4 Å². The molecule has 2 heterocycles. The summed E-state index contributed by atoms with van der Waals surface area (Å²) >= 11 is 0. The SMILES string of the molecule is C1=NN=c2ccc3c(c21)N=NC=3. The zero-order valence-corrected chi connectivity index (χ0v) is 6.10. The van der Waals surface area contributed by atoms with Crippen molar-refractivity contribution in [2.75, 3.05) is 0 Å². The van der Waals surface area contributed by atoms with Crippen LogP contribution in [0.4, 0.5) is 5.69 Å². The van der Waals surface area contributed by atoms with Crippen LogP contribution < -0.4 is 10.6 Å². The Bertz CT molecular complexity index is 476. The molecule has 4 nitrogen and oxygen atoms in total. The van der Waals surface area contributed by atoms with Crippen molar-refractivity contribution in [1.29, 1.82) is 0 Å². The number of nitrogens with zero attached hydrogens (tertiary/aromatic N) is 4. The fourth-order valence-electron chi connectivity index (χ4n) is 1.34. The molecule has 4 heteroatoms. The molecule has 2 aliphatic heterocycles. The van der Waals surface area contributed by atoms with Gasteiger partial charge in [-0.25, -0.2) is 0 Å². The molecule has 56 valence electrons. The topological polar surface area (TPSA) is 49.4 Å². The van der Waals surface area contributed by atoms with Gasteiger partial charge >= 0.3 is 0 Å². The maximum absolute atomic E-state index is 3.99. The maximum atomic E-state index is 3.99. The van der Waals surface area contributed by atoms with Gasteiger partial charge in [-0.15, -0.1) is 5.11 Å². The Morgan fingerprint density at radius 3 is 3.17 bits per heavy atom. The molecule has 0 radical (unpaired) electrons. The van der Waals surface area contributed by atoms with Crippen LogP contribution in [-0.2, 0) is 0 Å². The van der Waals surface area contributed by atoms with Crippen molar-refractivity contribution >= 4 is 18.1 Å². The van der Waals surface area contributed by atoms with E-state index in [-0.39, 0.29) is 0 Å². The van der Waals surface area contributed by atoms with E-state index >= 15 is 0 Å². The van der Waals surface area contributed by atoms with E-state index in [4.69, 9.17) is 0 Å². The Hall–Kier alpha value is -1.84. The smallest absolute Gasteiger partial charge is 0.106 e.